The molecule has 2 amide bonds. The summed E-state index contributed by atoms with van der Waals surface area (Å²) in [5.41, 5.74) is 2.98. The van der Waals surface area contributed by atoms with Crippen LogP contribution < -0.4 is 10.6 Å². The summed E-state index contributed by atoms with van der Waals surface area (Å²) in [6.07, 6.45) is 10.1. The van der Waals surface area contributed by atoms with Gasteiger partial charge in [0.2, 0.25) is 0 Å². The number of halogens is 1. The van der Waals surface area contributed by atoms with Crippen molar-refractivity contribution < 1.29 is 4.79 Å². The van der Waals surface area contributed by atoms with E-state index in [1.807, 2.05) is 30.5 Å². The maximum Gasteiger partial charge on any atom is 0.324 e. The van der Waals surface area contributed by atoms with Crippen LogP contribution in [-0.4, -0.2) is 16.0 Å². The molecule has 5 nitrogen and oxygen atoms in total. The van der Waals surface area contributed by atoms with E-state index in [-0.39, 0.29) is 6.03 Å². The second-order valence-electron chi connectivity index (χ2n) is 6.78. The molecule has 26 heavy (non-hydrogen) atoms. The third kappa shape index (κ3) is 3.75. The standard InChI is InChI=1S/C20H21BrN4O/c21-15-7-8-17-16(10-15)18(12-22-17)24-20(26)25-19-9-6-14(11-23-19)13-4-2-1-3-5-13/h6-13,22H,1-5H2,(H2,23,24,25,26). The monoisotopic (exact) mass is 412 g/mol. The van der Waals surface area contributed by atoms with Crippen LogP contribution in [0.3, 0.4) is 0 Å². The van der Waals surface area contributed by atoms with Crippen LogP contribution in [0.1, 0.15) is 43.6 Å². The third-order valence-corrected chi connectivity index (χ3v) is 5.49. The van der Waals surface area contributed by atoms with E-state index in [2.05, 4.69) is 42.6 Å². The molecular weight excluding hydrogens is 392 g/mol. The first kappa shape index (κ1) is 17.1. The van der Waals surface area contributed by atoms with E-state index in [0.29, 0.717) is 11.7 Å². The molecule has 0 spiro atoms. The highest BCUT2D eigenvalue weighted by Gasteiger charge is 2.16. The molecule has 4 rings (SSSR count). The molecule has 0 bridgehead atoms. The van der Waals surface area contributed by atoms with E-state index >= 15 is 0 Å². The molecule has 2 heterocycles. The van der Waals surface area contributed by atoms with E-state index in [4.69, 9.17) is 0 Å². The Morgan fingerprint density at radius 1 is 1.12 bits per heavy atom. The van der Waals surface area contributed by atoms with Crippen molar-refractivity contribution in [1.82, 2.24) is 9.97 Å². The van der Waals surface area contributed by atoms with E-state index in [1.54, 1.807) is 6.20 Å². The van der Waals surface area contributed by atoms with Gasteiger partial charge in [-0.25, -0.2) is 9.78 Å². The van der Waals surface area contributed by atoms with Crippen LogP contribution in [0.15, 0.2) is 47.2 Å². The molecule has 1 aliphatic rings. The second kappa shape index (κ2) is 7.50. The van der Waals surface area contributed by atoms with Crippen molar-refractivity contribution in [2.75, 3.05) is 10.6 Å². The maximum absolute atomic E-state index is 12.3. The molecule has 0 atom stereocenters. The van der Waals surface area contributed by atoms with Crippen molar-refractivity contribution in [1.29, 1.82) is 0 Å². The zero-order chi connectivity index (χ0) is 17.9. The Morgan fingerprint density at radius 3 is 2.73 bits per heavy atom. The van der Waals surface area contributed by atoms with Crippen molar-refractivity contribution in [3.63, 3.8) is 0 Å². The molecule has 0 aliphatic heterocycles. The SMILES string of the molecule is O=C(Nc1ccc(C2CCCCC2)cn1)Nc1c[nH]c2ccc(Br)cc12. The number of amides is 2. The van der Waals surface area contributed by atoms with Crippen molar-refractivity contribution in [3.05, 3.63) is 52.8 Å². The molecule has 2 aromatic heterocycles. The molecule has 0 unspecified atom stereocenters. The number of H-pyrrole nitrogens is 1. The minimum Gasteiger partial charge on any atom is -0.359 e. The van der Waals surface area contributed by atoms with Gasteiger partial charge in [0.05, 0.1) is 5.69 Å². The fourth-order valence-electron chi connectivity index (χ4n) is 3.62. The largest absolute Gasteiger partial charge is 0.359 e. The molecule has 3 aromatic rings. The van der Waals surface area contributed by atoms with Gasteiger partial charge in [0.25, 0.3) is 0 Å². The smallest absolute Gasteiger partial charge is 0.324 e. The molecule has 6 heteroatoms. The van der Waals surface area contributed by atoms with Gasteiger partial charge in [-0.3, -0.25) is 5.32 Å². The average Bonchev–Trinajstić information content (AvgIpc) is 3.05. The molecular formula is C20H21BrN4O. The van der Waals surface area contributed by atoms with Crippen LogP contribution in [0, 0.1) is 0 Å². The van der Waals surface area contributed by atoms with Crippen LogP contribution in [0.5, 0.6) is 0 Å². The fourth-order valence-corrected chi connectivity index (χ4v) is 3.98. The Bertz CT molecular complexity index is 913. The Morgan fingerprint density at radius 2 is 1.96 bits per heavy atom. The van der Waals surface area contributed by atoms with Crippen molar-refractivity contribution >= 4 is 44.4 Å². The Balaban J connectivity index is 1.41. The molecule has 134 valence electrons. The first-order chi connectivity index (χ1) is 12.7. The predicted molar refractivity (Wildman–Crippen MR) is 109 cm³/mol. The number of nitrogens with one attached hydrogen (secondary N) is 3. The van der Waals surface area contributed by atoms with Gasteiger partial charge in [0.15, 0.2) is 0 Å². The predicted octanol–water partition coefficient (Wildman–Crippen LogP) is 6.02. The summed E-state index contributed by atoms with van der Waals surface area (Å²) in [7, 11) is 0. The average molecular weight is 413 g/mol. The molecule has 0 radical (unpaired) electrons. The zero-order valence-corrected chi connectivity index (χ0v) is 16.0. The lowest BCUT2D eigenvalue weighted by Gasteiger charge is -2.21. The molecule has 1 fully saturated rings. The quantitative estimate of drug-likeness (QED) is 0.492. The number of fused-ring (bicyclic) bond motifs is 1. The number of carbonyl (C=O) groups is 1. The van der Waals surface area contributed by atoms with Gasteiger partial charge >= 0.3 is 6.03 Å². The van der Waals surface area contributed by atoms with Gasteiger partial charge in [0.1, 0.15) is 5.82 Å². The van der Waals surface area contributed by atoms with E-state index in [0.717, 1.165) is 21.1 Å². The second-order valence-corrected chi connectivity index (χ2v) is 7.70. The number of urea groups is 1. The van der Waals surface area contributed by atoms with Crippen LogP contribution in [-0.2, 0) is 0 Å². The highest BCUT2D eigenvalue weighted by Crippen LogP contribution is 2.32. The highest BCUT2D eigenvalue weighted by atomic mass is 79.9. The number of hydrogen-bond acceptors (Lipinski definition) is 2. The van der Waals surface area contributed by atoms with E-state index in [9.17, 15) is 4.79 Å². The molecule has 1 saturated carbocycles. The topological polar surface area (TPSA) is 69.8 Å². The molecule has 1 aliphatic carbocycles. The number of nitrogens with zero attached hydrogens (tertiary/aromatic N) is 1. The van der Waals surface area contributed by atoms with Crippen LogP contribution in [0.25, 0.3) is 10.9 Å². The van der Waals surface area contributed by atoms with Crippen molar-refractivity contribution in [2.24, 2.45) is 0 Å². The first-order valence-corrected chi connectivity index (χ1v) is 9.79. The van der Waals surface area contributed by atoms with Gasteiger partial charge in [0, 0.05) is 27.8 Å². The van der Waals surface area contributed by atoms with E-state index in [1.165, 1.54) is 37.7 Å². The Kier molecular flexibility index (Phi) is 4.93. The normalized spacial score (nSPS) is 15.1. The number of rotatable bonds is 3. The molecule has 3 N–H and O–H groups in total. The number of aromatic amines is 1. The highest BCUT2D eigenvalue weighted by molar-refractivity contribution is 9.10. The third-order valence-electron chi connectivity index (χ3n) is 5.00. The number of pyridine rings is 1. The number of hydrogen-bond donors (Lipinski definition) is 3. The first-order valence-electron chi connectivity index (χ1n) is 8.99. The Hall–Kier alpha value is -2.34. The lowest BCUT2D eigenvalue weighted by molar-refractivity contribution is 0.262. The molecule has 0 saturated heterocycles. The van der Waals surface area contributed by atoms with Crippen LogP contribution in [0.2, 0.25) is 0 Å². The van der Waals surface area contributed by atoms with E-state index < -0.39 is 0 Å². The van der Waals surface area contributed by atoms with Crippen LogP contribution >= 0.6 is 15.9 Å². The number of benzene rings is 1. The fraction of sp³-hybridized carbons (Fsp3) is 0.300. The van der Waals surface area contributed by atoms with Gasteiger partial charge in [-0.15, -0.1) is 0 Å². The minimum atomic E-state index is -0.302. The number of aromatic nitrogens is 2. The van der Waals surface area contributed by atoms with Gasteiger partial charge in [-0.1, -0.05) is 41.3 Å². The van der Waals surface area contributed by atoms with Crippen molar-refractivity contribution in [2.45, 2.75) is 38.0 Å². The minimum absolute atomic E-state index is 0.302. The molecule has 1 aromatic carbocycles. The summed E-state index contributed by atoms with van der Waals surface area (Å²) in [6, 6.07) is 9.56. The lowest BCUT2D eigenvalue weighted by atomic mass is 9.85. The summed E-state index contributed by atoms with van der Waals surface area (Å²) in [6.45, 7) is 0. The lowest BCUT2D eigenvalue weighted by Crippen LogP contribution is -2.20. The maximum atomic E-state index is 12.3. The zero-order valence-electron chi connectivity index (χ0n) is 14.4. The van der Waals surface area contributed by atoms with Crippen LogP contribution in [0.4, 0.5) is 16.3 Å². The summed E-state index contributed by atoms with van der Waals surface area (Å²) >= 11 is 3.46. The Labute approximate surface area is 160 Å². The van der Waals surface area contributed by atoms with Gasteiger partial charge in [-0.05, 0) is 48.6 Å². The van der Waals surface area contributed by atoms with Gasteiger partial charge < -0.3 is 10.3 Å². The summed E-state index contributed by atoms with van der Waals surface area (Å²) in [5, 5.41) is 6.63. The van der Waals surface area contributed by atoms with Crippen molar-refractivity contribution in [3.8, 4) is 0 Å². The summed E-state index contributed by atoms with van der Waals surface area (Å²) in [5.74, 6) is 1.17. The van der Waals surface area contributed by atoms with Gasteiger partial charge in [-0.2, -0.15) is 0 Å². The summed E-state index contributed by atoms with van der Waals surface area (Å²) in [4.78, 5) is 19.9. The summed E-state index contributed by atoms with van der Waals surface area (Å²) < 4.78 is 0.966. The number of carbonyl (C=O) groups excluding carboxylic acids is 1. The number of anilines is 2.